The van der Waals surface area contributed by atoms with E-state index in [-0.39, 0.29) is 11.5 Å². The maximum Gasteiger partial charge on any atom is 0.126 e. The Morgan fingerprint density at radius 2 is 2.00 bits per heavy atom. The highest BCUT2D eigenvalue weighted by Gasteiger charge is 2.28. The molecule has 0 saturated carbocycles. The number of hydrogen-bond acceptors (Lipinski definition) is 2. The van der Waals surface area contributed by atoms with Gasteiger partial charge in [-0.15, -0.1) is 0 Å². The zero-order valence-corrected chi connectivity index (χ0v) is 10.9. The first-order chi connectivity index (χ1) is 8.02. The second kappa shape index (κ2) is 4.53. The Labute approximate surface area is 103 Å². The molecular formula is C15H21NO. The highest BCUT2D eigenvalue weighted by atomic mass is 16.5. The largest absolute Gasteiger partial charge is 0.496 e. The van der Waals surface area contributed by atoms with Gasteiger partial charge in [0.25, 0.3) is 0 Å². The van der Waals surface area contributed by atoms with Crippen LogP contribution in [-0.2, 0) is 0 Å². The molecule has 2 heteroatoms. The van der Waals surface area contributed by atoms with Gasteiger partial charge in [-0.3, -0.25) is 0 Å². The van der Waals surface area contributed by atoms with Gasteiger partial charge in [-0.25, -0.2) is 0 Å². The fourth-order valence-corrected chi connectivity index (χ4v) is 2.70. The van der Waals surface area contributed by atoms with Crippen LogP contribution < -0.4 is 10.5 Å². The van der Waals surface area contributed by atoms with Crippen molar-refractivity contribution in [2.24, 2.45) is 11.1 Å². The molecule has 0 aliphatic heterocycles. The van der Waals surface area contributed by atoms with Gasteiger partial charge in [0.1, 0.15) is 5.75 Å². The number of rotatable bonds is 2. The van der Waals surface area contributed by atoms with Gasteiger partial charge in [-0.1, -0.05) is 38.1 Å². The summed E-state index contributed by atoms with van der Waals surface area (Å²) in [4.78, 5) is 0. The molecule has 2 N–H and O–H groups in total. The van der Waals surface area contributed by atoms with Crippen molar-refractivity contribution in [3.8, 4) is 5.75 Å². The standard InChI is InChI=1S/C15H21NO/c1-15(2)9-11(8-12(16)10-15)13-6-4-5-7-14(13)17-3/h4-8,12H,9-10,16H2,1-3H3. The summed E-state index contributed by atoms with van der Waals surface area (Å²) in [6, 6.07) is 8.31. The lowest BCUT2D eigenvalue weighted by atomic mass is 9.74. The first-order valence-electron chi connectivity index (χ1n) is 6.11. The summed E-state index contributed by atoms with van der Waals surface area (Å²) in [5.74, 6) is 0.934. The summed E-state index contributed by atoms with van der Waals surface area (Å²) >= 11 is 0. The Morgan fingerprint density at radius 1 is 1.29 bits per heavy atom. The summed E-state index contributed by atoms with van der Waals surface area (Å²) in [6.45, 7) is 4.55. The number of ether oxygens (including phenoxy) is 1. The highest BCUT2D eigenvalue weighted by Crippen LogP contribution is 2.41. The Bertz CT molecular complexity index is 434. The van der Waals surface area contributed by atoms with Crippen LogP contribution in [0, 0.1) is 5.41 Å². The molecular weight excluding hydrogens is 210 g/mol. The molecule has 0 bridgehead atoms. The minimum atomic E-state index is 0.152. The van der Waals surface area contributed by atoms with E-state index in [0.29, 0.717) is 0 Å². The van der Waals surface area contributed by atoms with E-state index < -0.39 is 0 Å². The van der Waals surface area contributed by atoms with E-state index >= 15 is 0 Å². The van der Waals surface area contributed by atoms with Crippen LogP contribution in [0.4, 0.5) is 0 Å². The average molecular weight is 231 g/mol. The van der Waals surface area contributed by atoms with Crippen LogP contribution in [0.3, 0.4) is 0 Å². The molecule has 0 aromatic heterocycles. The third kappa shape index (κ3) is 2.70. The van der Waals surface area contributed by atoms with E-state index in [9.17, 15) is 0 Å². The molecule has 92 valence electrons. The number of methoxy groups -OCH3 is 1. The highest BCUT2D eigenvalue weighted by molar-refractivity contribution is 5.72. The zero-order chi connectivity index (χ0) is 12.5. The lowest BCUT2D eigenvalue weighted by Gasteiger charge is -2.33. The van der Waals surface area contributed by atoms with Gasteiger partial charge in [0.05, 0.1) is 7.11 Å². The number of hydrogen-bond donors (Lipinski definition) is 1. The van der Waals surface area contributed by atoms with Crippen molar-refractivity contribution >= 4 is 5.57 Å². The van der Waals surface area contributed by atoms with Crippen molar-refractivity contribution in [2.75, 3.05) is 7.11 Å². The molecule has 1 aliphatic rings. The predicted molar refractivity (Wildman–Crippen MR) is 72.0 cm³/mol. The van der Waals surface area contributed by atoms with E-state index in [0.717, 1.165) is 18.6 Å². The van der Waals surface area contributed by atoms with Gasteiger partial charge in [0.2, 0.25) is 0 Å². The second-order valence-corrected chi connectivity index (χ2v) is 5.60. The molecule has 0 amide bonds. The molecule has 0 fully saturated rings. The monoisotopic (exact) mass is 231 g/mol. The smallest absolute Gasteiger partial charge is 0.126 e. The molecule has 1 aliphatic carbocycles. The summed E-state index contributed by atoms with van der Waals surface area (Å²) in [5, 5.41) is 0. The predicted octanol–water partition coefficient (Wildman–Crippen LogP) is 3.23. The van der Waals surface area contributed by atoms with Crippen molar-refractivity contribution < 1.29 is 4.74 Å². The number of benzene rings is 1. The lowest BCUT2D eigenvalue weighted by Crippen LogP contribution is -2.30. The van der Waals surface area contributed by atoms with Crippen molar-refractivity contribution in [1.82, 2.24) is 0 Å². The number of nitrogens with two attached hydrogens (primary N) is 1. The van der Waals surface area contributed by atoms with Gasteiger partial charge in [0, 0.05) is 11.6 Å². The van der Waals surface area contributed by atoms with Crippen LogP contribution in [0.25, 0.3) is 5.57 Å². The molecule has 17 heavy (non-hydrogen) atoms. The summed E-state index contributed by atoms with van der Waals surface area (Å²) < 4.78 is 5.42. The average Bonchev–Trinajstić information content (AvgIpc) is 2.26. The summed E-state index contributed by atoms with van der Waals surface area (Å²) in [6.07, 6.45) is 4.29. The van der Waals surface area contributed by atoms with E-state index in [1.807, 2.05) is 18.2 Å². The van der Waals surface area contributed by atoms with E-state index in [4.69, 9.17) is 10.5 Å². The van der Waals surface area contributed by atoms with Crippen LogP contribution in [0.1, 0.15) is 32.3 Å². The Kier molecular flexibility index (Phi) is 3.25. The van der Waals surface area contributed by atoms with Crippen LogP contribution in [-0.4, -0.2) is 13.2 Å². The number of allylic oxidation sites excluding steroid dienone is 1. The van der Waals surface area contributed by atoms with Gasteiger partial charge in [-0.2, -0.15) is 0 Å². The first-order valence-corrected chi connectivity index (χ1v) is 6.11. The summed E-state index contributed by atoms with van der Waals surface area (Å²) in [5.41, 5.74) is 8.87. The van der Waals surface area contributed by atoms with Gasteiger partial charge in [-0.05, 0) is 29.9 Å². The molecule has 0 radical (unpaired) electrons. The Balaban J connectivity index is 2.39. The molecule has 1 unspecified atom stereocenters. The minimum absolute atomic E-state index is 0.152. The maximum absolute atomic E-state index is 6.11. The topological polar surface area (TPSA) is 35.2 Å². The number of para-hydroxylation sites is 1. The molecule has 2 nitrogen and oxygen atoms in total. The maximum atomic E-state index is 6.11. The van der Waals surface area contributed by atoms with Crippen molar-refractivity contribution in [2.45, 2.75) is 32.7 Å². The van der Waals surface area contributed by atoms with Gasteiger partial charge < -0.3 is 10.5 Å². The van der Waals surface area contributed by atoms with Gasteiger partial charge in [0.15, 0.2) is 0 Å². The lowest BCUT2D eigenvalue weighted by molar-refractivity contribution is 0.318. The third-order valence-corrected chi connectivity index (χ3v) is 3.33. The molecule has 2 rings (SSSR count). The quantitative estimate of drug-likeness (QED) is 0.848. The van der Waals surface area contributed by atoms with Crippen molar-refractivity contribution in [3.05, 3.63) is 35.9 Å². The molecule has 1 aromatic carbocycles. The fraction of sp³-hybridized carbons (Fsp3) is 0.467. The molecule has 0 heterocycles. The summed E-state index contributed by atoms with van der Waals surface area (Å²) in [7, 11) is 1.72. The van der Waals surface area contributed by atoms with Crippen LogP contribution in [0.15, 0.2) is 30.3 Å². The Hall–Kier alpha value is -1.28. The molecule has 0 spiro atoms. The van der Waals surface area contributed by atoms with E-state index in [2.05, 4.69) is 26.0 Å². The Morgan fingerprint density at radius 3 is 2.65 bits per heavy atom. The molecule has 1 aromatic rings. The van der Waals surface area contributed by atoms with Crippen LogP contribution >= 0.6 is 0 Å². The van der Waals surface area contributed by atoms with Gasteiger partial charge >= 0.3 is 0 Å². The van der Waals surface area contributed by atoms with E-state index in [1.54, 1.807) is 7.11 Å². The minimum Gasteiger partial charge on any atom is -0.496 e. The SMILES string of the molecule is COc1ccccc1C1=CC(N)CC(C)(C)C1. The molecule has 0 saturated heterocycles. The van der Waals surface area contributed by atoms with Crippen LogP contribution in [0.5, 0.6) is 5.75 Å². The second-order valence-electron chi connectivity index (χ2n) is 5.60. The van der Waals surface area contributed by atoms with Crippen molar-refractivity contribution in [1.29, 1.82) is 0 Å². The molecule has 1 atom stereocenters. The first kappa shape index (κ1) is 12.2. The zero-order valence-electron chi connectivity index (χ0n) is 10.9. The normalized spacial score (nSPS) is 23.1. The third-order valence-electron chi connectivity index (χ3n) is 3.33. The van der Waals surface area contributed by atoms with E-state index in [1.165, 1.54) is 11.1 Å². The van der Waals surface area contributed by atoms with Crippen LogP contribution in [0.2, 0.25) is 0 Å². The fourth-order valence-electron chi connectivity index (χ4n) is 2.70. The van der Waals surface area contributed by atoms with Crippen molar-refractivity contribution in [3.63, 3.8) is 0 Å².